The molecule has 1 spiro atoms. The number of carbonyl (C=O) groups is 1. The maximum Gasteiger partial charge on any atom is 0.238 e. The van der Waals surface area contributed by atoms with Gasteiger partial charge in [-0.15, -0.1) is 0 Å². The van der Waals surface area contributed by atoms with Gasteiger partial charge in [0, 0.05) is 48.8 Å². The first kappa shape index (κ1) is 23.7. The van der Waals surface area contributed by atoms with Gasteiger partial charge in [-0.05, 0) is 60.5 Å². The lowest BCUT2D eigenvalue weighted by molar-refractivity contribution is -0.124. The van der Waals surface area contributed by atoms with Crippen LogP contribution in [0.4, 0.5) is 5.69 Å². The number of fused-ring (bicyclic) bond motifs is 3. The highest BCUT2D eigenvalue weighted by Crippen LogP contribution is 2.48. The minimum absolute atomic E-state index is 0.0184. The van der Waals surface area contributed by atoms with Crippen LogP contribution in [0.25, 0.3) is 21.9 Å². The molecule has 0 N–H and O–H groups in total. The van der Waals surface area contributed by atoms with Gasteiger partial charge in [0.15, 0.2) is 0 Å². The number of anilines is 1. The standard InChI is InChI=1S/C28H27N5O3S/c1-19-3-4-22-21(15-19)16-31-24(26(22)20-5-10-29-11-6-20)18-33-25-17-30-12-7-23(25)28(27(33)34)8-13-32(14-9-28)37(2,35)36/h3-7,10-12,15-17H,8-9,13-14,18H2,1-2H3. The fourth-order valence-electron chi connectivity index (χ4n) is 5.82. The summed E-state index contributed by atoms with van der Waals surface area (Å²) in [6.07, 6.45) is 10.9. The molecule has 4 aromatic rings. The number of aromatic nitrogens is 3. The molecule has 0 atom stereocenters. The highest BCUT2D eigenvalue weighted by Gasteiger charge is 2.53. The molecule has 1 aromatic carbocycles. The summed E-state index contributed by atoms with van der Waals surface area (Å²) in [5.74, 6) is -0.0184. The van der Waals surface area contributed by atoms with Gasteiger partial charge in [0.1, 0.15) is 0 Å². The fraction of sp³-hybridized carbons (Fsp3) is 0.286. The molecular weight excluding hydrogens is 486 g/mol. The Kier molecular flexibility index (Phi) is 5.58. The van der Waals surface area contributed by atoms with Crippen LogP contribution in [0.3, 0.4) is 0 Å². The Bertz CT molecular complexity index is 1630. The number of amides is 1. The number of nitrogens with zero attached hydrogens (tertiary/aromatic N) is 5. The zero-order valence-corrected chi connectivity index (χ0v) is 21.6. The van der Waals surface area contributed by atoms with E-state index in [4.69, 9.17) is 4.98 Å². The van der Waals surface area contributed by atoms with Crippen molar-refractivity contribution >= 4 is 32.4 Å². The molecule has 1 fully saturated rings. The molecule has 1 amide bonds. The molecule has 2 aliphatic heterocycles. The van der Waals surface area contributed by atoms with E-state index >= 15 is 0 Å². The van der Waals surface area contributed by atoms with Crippen molar-refractivity contribution in [3.05, 3.63) is 84.2 Å². The fourth-order valence-corrected chi connectivity index (χ4v) is 6.67. The Morgan fingerprint density at radius 2 is 1.70 bits per heavy atom. The lowest BCUT2D eigenvalue weighted by Crippen LogP contribution is -2.49. The molecule has 6 rings (SSSR count). The minimum atomic E-state index is -3.31. The summed E-state index contributed by atoms with van der Waals surface area (Å²) in [7, 11) is -3.31. The van der Waals surface area contributed by atoms with E-state index in [0.717, 1.165) is 44.4 Å². The number of hydrogen-bond acceptors (Lipinski definition) is 6. The van der Waals surface area contributed by atoms with Crippen LogP contribution in [-0.4, -0.2) is 52.9 Å². The van der Waals surface area contributed by atoms with Gasteiger partial charge in [0.05, 0.1) is 35.8 Å². The van der Waals surface area contributed by atoms with Crippen LogP contribution in [0.5, 0.6) is 0 Å². The molecule has 0 bridgehead atoms. The first-order chi connectivity index (χ1) is 17.8. The number of benzene rings is 1. The summed E-state index contributed by atoms with van der Waals surface area (Å²) in [5.41, 5.74) is 4.84. The van der Waals surface area contributed by atoms with Gasteiger partial charge in [-0.25, -0.2) is 12.7 Å². The zero-order chi connectivity index (χ0) is 25.8. The highest BCUT2D eigenvalue weighted by atomic mass is 32.2. The molecule has 1 saturated heterocycles. The highest BCUT2D eigenvalue weighted by molar-refractivity contribution is 7.88. The number of hydrogen-bond donors (Lipinski definition) is 0. The van der Waals surface area contributed by atoms with E-state index in [1.54, 1.807) is 29.7 Å². The number of piperidine rings is 1. The lowest BCUT2D eigenvalue weighted by atomic mass is 9.74. The third-order valence-electron chi connectivity index (χ3n) is 7.71. The predicted octanol–water partition coefficient (Wildman–Crippen LogP) is 3.84. The van der Waals surface area contributed by atoms with Gasteiger partial charge in [0.2, 0.25) is 15.9 Å². The molecular formula is C28H27N5O3S. The minimum Gasteiger partial charge on any atom is -0.304 e. The lowest BCUT2D eigenvalue weighted by Gasteiger charge is -2.37. The van der Waals surface area contributed by atoms with Gasteiger partial charge >= 0.3 is 0 Å². The summed E-state index contributed by atoms with van der Waals surface area (Å²) in [5, 5.41) is 2.10. The third kappa shape index (κ3) is 3.89. The quantitative estimate of drug-likeness (QED) is 0.411. The molecule has 0 unspecified atom stereocenters. The van der Waals surface area contributed by atoms with Gasteiger partial charge in [-0.3, -0.25) is 19.7 Å². The van der Waals surface area contributed by atoms with Crippen LogP contribution in [-0.2, 0) is 26.8 Å². The maximum atomic E-state index is 14.1. The SMILES string of the molecule is Cc1ccc2c(-c3ccncc3)c(CN3C(=O)C4(CCN(S(C)(=O)=O)CC4)c4ccncc43)ncc2c1. The van der Waals surface area contributed by atoms with Gasteiger partial charge in [-0.1, -0.05) is 17.7 Å². The molecule has 5 heterocycles. The Morgan fingerprint density at radius 3 is 2.43 bits per heavy atom. The molecule has 0 radical (unpaired) electrons. The molecule has 37 heavy (non-hydrogen) atoms. The summed E-state index contributed by atoms with van der Waals surface area (Å²) < 4.78 is 25.7. The molecule has 0 aliphatic carbocycles. The maximum absolute atomic E-state index is 14.1. The van der Waals surface area contributed by atoms with Crippen molar-refractivity contribution in [3.8, 4) is 11.1 Å². The average molecular weight is 514 g/mol. The molecule has 188 valence electrons. The van der Waals surface area contributed by atoms with Crippen molar-refractivity contribution < 1.29 is 13.2 Å². The topological polar surface area (TPSA) is 96.4 Å². The van der Waals surface area contributed by atoms with E-state index in [9.17, 15) is 13.2 Å². The van der Waals surface area contributed by atoms with Crippen LogP contribution in [0, 0.1) is 6.92 Å². The van der Waals surface area contributed by atoms with Crippen LogP contribution in [0.15, 0.2) is 67.4 Å². The van der Waals surface area contributed by atoms with Gasteiger partial charge in [0.25, 0.3) is 0 Å². The molecule has 2 aliphatic rings. The van der Waals surface area contributed by atoms with Crippen LogP contribution >= 0.6 is 0 Å². The second-order valence-electron chi connectivity index (χ2n) is 9.93. The van der Waals surface area contributed by atoms with E-state index in [1.165, 1.54) is 10.6 Å². The zero-order valence-electron chi connectivity index (χ0n) is 20.8. The number of carbonyl (C=O) groups excluding carboxylic acids is 1. The van der Waals surface area contributed by atoms with E-state index in [0.29, 0.717) is 25.9 Å². The third-order valence-corrected chi connectivity index (χ3v) is 9.01. The van der Waals surface area contributed by atoms with Crippen molar-refractivity contribution in [1.82, 2.24) is 19.3 Å². The monoisotopic (exact) mass is 513 g/mol. The number of pyridine rings is 3. The second kappa shape index (κ2) is 8.71. The van der Waals surface area contributed by atoms with Crippen molar-refractivity contribution in [1.29, 1.82) is 0 Å². The molecule has 9 heteroatoms. The second-order valence-corrected chi connectivity index (χ2v) is 11.9. The van der Waals surface area contributed by atoms with Crippen molar-refractivity contribution in [3.63, 3.8) is 0 Å². The predicted molar refractivity (Wildman–Crippen MR) is 142 cm³/mol. The Morgan fingerprint density at radius 1 is 0.973 bits per heavy atom. The molecule has 3 aromatic heterocycles. The first-order valence-electron chi connectivity index (χ1n) is 12.3. The summed E-state index contributed by atoms with van der Waals surface area (Å²) >= 11 is 0. The van der Waals surface area contributed by atoms with Gasteiger partial charge in [-0.2, -0.15) is 0 Å². The Labute approximate surface area is 216 Å². The first-order valence-corrected chi connectivity index (χ1v) is 14.1. The van der Waals surface area contributed by atoms with E-state index in [2.05, 4.69) is 35.1 Å². The average Bonchev–Trinajstić information content (AvgIpc) is 3.11. The largest absolute Gasteiger partial charge is 0.304 e. The summed E-state index contributed by atoms with van der Waals surface area (Å²) in [6.45, 7) is 2.98. The Hall–Kier alpha value is -3.69. The number of rotatable bonds is 4. The van der Waals surface area contributed by atoms with Crippen LogP contribution < -0.4 is 4.90 Å². The van der Waals surface area contributed by atoms with Crippen molar-refractivity contribution in [2.75, 3.05) is 24.2 Å². The van der Waals surface area contributed by atoms with E-state index in [1.807, 2.05) is 24.4 Å². The molecule has 8 nitrogen and oxygen atoms in total. The summed E-state index contributed by atoms with van der Waals surface area (Å²) in [4.78, 5) is 29.3. The summed E-state index contributed by atoms with van der Waals surface area (Å²) in [6, 6.07) is 12.1. The van der Waals surface area contributed by atoms with Crippen LogP contribution in [0.2, 0.25) is 0 Å². The number of aryl methyl sites for hydroxylation is 1. The smallest absolute Gasteiger partial charge is 0.238 e. The van der Waals surface area contributed by atoms with Gasteiger partial charge < -0.3 is 4.90 Å². The number of sulfonamides is 1. The molecule has 0 saturated carbocycles. The Balaban J connectivity index is 1.44. The van der Waals surface area contributed by atoms with Crippen LogP contribution in [0.1, 0.15) is 29.7 Å². The van der Waals surface area contributed by atoms with E-state index < -0.39 is 15.4 Å². The van der Waals surface area contributed by atoms with Crippen molar-refractivity contribution in [2.24, 2.45) is 0 Å². The van der Waals surface area contributed by atoms with E-state index in [-0.39, 0.29) is 12.5 Å². The normalized spacial score (nSPS) is 17.5. The van der Waals surface area contributed by atoms with Crippen molar-refractivity contribution in [2.45, 2.75) is 31.7 Å².